The molecule has 21 heavy (non-hydrogen) atoms. The first-order valence-electron chi connectivity index (χ1n) is 8.02. The van der Waals surface area contributed by atoms with Crippen molar-refractivity contribution in [3.05, 3.63) is 56.8 Å². The van der Waals surface area contributed by atoms with E-state index in [9.17, 15) is 0 Å². The quantitative estimate of drug-likeness (QED) is 0.660. The molecule has 2 aliphatic rings. The van der Waals surface area contributed by atoms with Crippen LogP contribution in [-0.4, -0.2) is 0 Å². The summed E-state index contributed by atoms with van der Waals surface area (Å²) in [5.74, 6) is 6.65. The summed E-state index contributed by atoms with van der Waals surface area (Å²) < 4.78 is 0. The number of aryl methyl sites for hydroxylation is 2. The van der Waals surface area contributed by atoms with Gasteiger partial charge < -0.3 is 0 Å². The molecule has 0 bridgehead atoms. The van der Waals surface area contributed by atoms with E-state index in [0.717, 1.165) is 5.92 Å². The van der Waals surface area contributed by atoms with Crippen molar-refractivity contribution in [3.63, 3.8) is 0 Å². The number of fused-ring (bicyclic) bond motifs is 1. The molecular weight excluding hydrogens is 276 g/mol. The largest absolute Gasteiger partial charge is 0.271 e. The average molecular weight is 298 g/mol. The van der Waals surface area contributed by atoms with E-state index in [2.05, 4.69) is 35.8 Å². The topological polar surface area (TPSA) is 38.0 Å². The van der Waals surface area contributed by atoms with Gasteiger partial charge in [-0.2, -0.15) is 0 Å². The van der Waals surface area contributed by atoms with E-state index < -0.39 is 0 Å². The van der Waals surface area contributed by atoms with E-state index in [-0.39, 0.29) is 6.04 Å². The van der Waals surface area contributed by atoms with Crippen molar-refractivity contribution in [2.75, 3.05) is 0 Å². The summed E-state index contributed by atoms with van der Waals surface area (Å²) in [6, 6.07) is 11.6. The Labute approximate surface area is 130 Å². The first-order valence-corrected chi connectivity index (χ1v) is 8.84. The third-order valence-electron chi connectivity index (χ3n) is 5.06. The summed E-state index contributed by atoms with van der Waals surface area (Å²) in [4.78, 5) is 2.93. The minimum Gasteiger partial charge on any atom is -0.271 e. The zero-order valence-corrected chi connectivity index (χ0v) is 13.1. The summed E-state index contributed by atoms with van der Waals surface area (Å²) >= 11 is 1.93. The summed E-state index contributed by atoms with van der Waals surface area (Å²) in [5.41, 5.74) is 7.33. The molecule has 1 unspecified atom stereocenters. The molecule has 0 radical (unpaired) electrons. The zero-order valence-electron chi connectivity index (χ0n) is 12.3. The minimum absolute atomic E-state index is 0.135. The van der Waals surface area contributed by atoms with Gasteiger partial charge in [0, 0.05) is 9.75 Å². The molecule has 1 aromatic heterocycles. The Hall–Kier alpha value is -1.16. The molecule has 4 rings (SSSR count). The van der Waals surface area contributed by atoms with Gasteiger partial charge in [0.1, 0.15) is 0 Å². The number of nitrogens with two attached hydrogens (primary N) is 1. The molecule has 2 aromatic rings. The van der Waals surface area contributed by atoms with Crippen LogP contribution in [0.5, 0.6) is 0 Å². The van der Waals surface area contributed by atoms with Crippen LogP contribution in [0.3, 0.4) is 0 Å². The summed E-state index contributed by atoms with van der Waals surface area (Å²) in [6.07, 6.45) is 7.91. The van der Waals surface area contributed by atoms with Crippen molar-refractivity contribution < 1.29 is 0 Å². The fourth-order valence-electron chi connectivity index (χ4n) is 3.54. The molecule has 3 heteroatoms. The maximum atomic E-state index is 5.85. The van der Waals surface area contributed by atoms with Crippen LogP contribution < -0.4 is 11.3 Å². The Morgan fingerprint density at radius 1 is 1.10 bits per heavy atom. The lowest BCUT2D eigenvalue weighted by molar-refractivity contribution is 0.419. The lowest BCUT2D eigenvalue weighted by Crippen LogP contribution is -2.28. The van der Waals surface area contributed by atoms with Gasteiger partial charge in [-0.15, -0.1) is 11.3 Å². The number of hydrogen-bond donors (Lipinski definition) is 2. The van der Waals surface area contributed by atoms with Crippen molar-refractivity contribution in [3.8, 4) is 0 Å². The second-order valence-electron chi connectivity index (χ2n) is 6.34. The highest BCUT2D eigenvalue weighted by Crippen LogP contribution is 2.38. The normalized spacial score (nSPS) is 19.3. The summed E-state index contributed by atoms with van der Waals surface area (Å²) in [6.45, 7) is 0. The number of hydrazine groups is 1. The highest BCUT2D eigenvalue weighted by Gasteiger charge is 2.22. The van der Waals surface area contributed by atoms with E-state index >= 15 is 0 Å². The van der Waals surface area contributed by atoms with Gasteiger partial charge in [-0.3, -0.25) is 5.84 Å². The van der Waals surface area contributed by atoms with Crippen LogP contribution in [0.15, 0.2) is 30.3 Å². The molecule has 0 saturated heterocycles. The summed E-state index contributed by atoms with van der Waals surface area (Å²) in [5, 5.41) is 0. The maximum absolute atomic E-state index is 5.85. The highest BCUT2D eigenvalue weighted by molar-refractivity contribution is 7.12. The Morgan fingerprint density at radius 2 is 1.90 bits per heavy atom. The van der Waals surface area contributed by atoms with Crippen molar-refractivity contribution >= 4 is 11.3 Å². The van der Waals surface area contributed by atoms with Crippen LogP contribution in [0, 0.1) is 0 Å². The van der Waals surface area contributed by atoms with Crippen LogP contribution in [0.2, 0.25) is 0 Å². The molecule has 1 heterocycles. The SMILES string of the molecule is NNC(c1ccc(C2CCC2)cc1)c1cc2c(s1)CCC2. The van der Waals surface area contributed by atoms with Gasteiger partial charge in [0.15, 0.2) is 0 Å². The molecule has 1 aromatic carbocycles. The van der Waals surface area contributed by atoms with E-state index in [1.165, 1.54) is 54.5 Å². The van der Waals surface area contributed by atoms with E-state index in [4.69, 9.17) is 5.84 Å². The van der Waals surface area contributed by atoms with Crippen LogP contribution in [-0.2, 0) is 12.8 Å². The molecule has 1 fully saturated rings. The highest BCUT2D eigenvalue weighted by atomic mass is 32.1. The van der Waals surface area contributed by atoms with Gasteiger partial charge >= 0.3 is 0 Å². The number of nitrogens with one attached hydrogen (secondary N) is 1. The molecular formula is C18H22N2S. The molecule has 110 valence electrons. The monoisotopic (exact) mass is 298 g/mol. The standard InChI is InChI=1S/C18H22N2S/c19-20-18(17-11-15-5-2-6-16(15)21-17)14-9-7-13(8-10-14)12-3-1-4-12/h7-12,18,20H,1-6,19H2. The fraction of sp³-hybridized carbons (Fsp3) is 0.444. The zero-order chi connectivity index (χ0) is 14.2. The fourth-order valence-corrected chi connectivity index (χ4v) is 4.89. The predicted molar refractivity (Wildman–Crippen MR) is 88.5 cm³/mol. The minimum atomic E-state index is 0.135. The first-order chi connectivity index (χ1) is 10.3. The van der Waals surface area contributed by atoms with Crippen LogP contribution in [0.4, 0.5) is 0 Å². The Bertz CT molecular complexity index is 604. The van der Waals surface area contributed by atoms with Crippen LogP contribution >= 0.6 is 11.3 Å². The molecule has 3 N–H and O–H groups in total. The van der Waals surface area contributed by atoms with Crippen molar-refractivity contribution in [1.29, 1.82) is 0 Å². The molecule has 1 saturated carbocycles. The van der Waals surface area contributed by atoms with Crippen molar-refractivity contribution in [1.82, 2.24) is 5.43 Å². The van der Waals surface area contributed by atoms with Gasteiger partial charge in [-0.1, -0.05) is 30.7 Å². The molecule has 2 aliphatic carbocycles. The molecule has 0 amide bonds. The molecule has 1 atom stereocenters. The van der Waals surface area contributed by atoms with Gasteiger partial charge in [0.25, 0.3) is 0 Å². The average Bonchev–Trinajstić information content (AvgIpc) is 3.01. The molecule has 0 aliphatic heterocycles. The van der Waals surface area contributed by atoms with Gasteiger partial charge in [0.05, 0.1) is 6.04 Å². The number of benzene rings is 1. The van der Waals surface area contributed by atoms with Crippen LogP contribution in [0.25, 0.3) is 0 Å². The van der Waals surface area contributed by atoms with Crippen molar-refractivity contribution in [2.45, 2.75) is 50.5 Å². The third-order valence-corrected chi connectivity index (χ3v) is 6.37. The maximum Gasteiger partial charge on any atom is 0.0802 e. The smallest absolute Gasteiger partial charge is 0.0802 e. The molecule has 2 nitrogen and oxygen atoms in total. The van der Waals surface area contributed by atoms with E-state index in [1.807, 2.05) is 11.3 Å². The third kappa shape index (κ3) is 2.44. The lowest BCUT2D eigenvalue weighted by Gasteiger charge is -2.26. The Kier molecular flexibility index (Phi) is 3.57. The first kappa shape index (κ1) is 13.5. The lowest BCUT2D eigenvalue weighted by atomic mass is 9.80. The Morgan fingerprint density at radius 3 is 2.52 bits per heavy atom. The number of thiophene rings is 1. The predicted octanol–water partition coefficient (Wildman–Crippen LogP) is 4.06. The van der Waals surface area contributed by atoms with Crippen LogP contribution in [0.1, 0.15) is 64.1 Å². The second kappa shape index (κ2) is 5.56. The van der Waals surface area contributed by atoms with Gasteiger partial charge in [0.2, 0.25) is 0 Å². The Balaban J connectivity index is 1.59. The van der Waals surface area contributed by atoms with Gasteiger partial charge in [-0.05, 0) is 60.8 Å². The number of hydrogen-bond acceptors (Lipinski definition) is 3. The number of rotatable bonds is 4. The molecule has 0 spiro atoms. The van der Waals surface area contributed by atoms with Gasteiger partial charge in [-0.25, -0.2) is 5.43 Å². The van der Waals surface area contributed by atoms with E-state index in [0.29, 0.717) is 0 Å². The van der Waals surface area contributed by atoms with Crippen molar-refractivity contribution in [2.24, 2.45) is 5.84 Å². The summed E-state index contributed by atoms with van der Waals surface area (Å²) in [7, 11) is 0. The second-order valence-corrected chi connectivity index (χ2v) is 7.51. The van der Waals surface area contributed by atoms with E-state index in [1.54, 1.807) is 10.4 Å².